The van der Waals surface area contributed by atoms with Crippen LogP contribution in [-0.4, -0.2) is 28.4 Å². The van der Waals surface area contributed by atoms with Crippen LogP contribution in [0.15, 0.2) is 58.2 Å². The van der Waals surface area contributed by atoms with Crippen LogP contribution in [0, 0.1) is 0 Å². The molecule has 2 aromatic carbocycles. The number of hydrogen-bond acceptors (Lipinski definition) is 4. The fraction of sp³-hybridized carbons (Fsp3) is 0.211. The standard InChI is InChI=1S/C19H17N3O2S/c23-18(22-10-5-11-25-17-9-4-3-8-16(17)22)12-15-13-6-1-2-7-14(13)19(24)21-20-15/h1-4,6-9H,5,10-12H2,(H,21,24). The van der Waals surface area contributed by atoms with E-state index in [1.807, 2.05) is 41.3 Å². The summed E-state index contributed by atoms with van der Waals surface area (Å²) in [5.74, 6) is 1.00. The van der Waals surface area contributed by atoms with Crippen LogP contribution in [0.4, 0.5) is 5.69 Å². The Labute approximate surface area is 149 Å². The van der Waals surface area contributed by atoms with Gasteiger partial charge in [-0.1, -0.05) is 30.3 Å². The van der Waals surface area contributed by atoms with E-state index in [9.17, 15) is 9.59 Å². The first-order valence-electron chi connectivity index (χ1n) is 8.22. The lowest BCUT2D eigenvalue weighted by Crippen LogP contribution is -2.33. The van der Waals surface area contributed by atoms with Crippen molar-refractivity contribution in [2.24, 2.45) is 0 Å². The van der Waals surface area contributed by atoms with Crippen molar-refractivity contribution in [1.82, 2.24) is 10.2 Å². The van der Waals surface area contributed by atoms with Crippen molar-refractivity contribution in [3.05, 3.63) is 64.6 Å². The molecule has 3 aromatic rings. The normalized spacial score (nSPS) is 14.2. The third-order valence-corrected chi connectivity index (χ3v) is 5.48. The van der Waals surface area contributed by atoms with E-state index in [0.29, 0.717) is 17.6 Å². The minimum absolute atomic E-state index is 0.000322. The van der Waals surface area contributed by atoms with Crippen molar-refractivity contribution in [3.8, 4) is 0 Å². The summed E-state index contributed by atoms with van der Waals surface area (Å²) in [6, 6.07) is 15.3. The molecule has 1 N–H and O–H groups in total. The van der Waals surface area contributed by atoms with E-state index < -0.39 is 0 Å². The van der Waals surface area contributed by atoms with Gasteiger partial charge in [0, 0.05) is 16.8 Å². The summed E-state index contributed by atoms with van der Waals surface area (Å²) in [5, 5.41) is 7.93. The molecule has 1 amide bonds. The lowest BCUT2D eigenvalue weighted by Gasteiger charge is -2.22. The lowest BCUT2D eigenvalue weighted by atomic mass is 10.1. The molecule has 0 atom stereocenters. The van der Waals surface area contributed by atoms with Crippen LogP contribution in [0.1, 0.15) is 12.1 Å². The molecule has 1 aliphatic heterocycles. The molecule has 0 saturated heterocycles. The summed E-state index contributed by atoms with van der Waals surface area (Å²) in [6.07, 6.45) is 1.11. The monoisotopic (exact) mass is 351 g/mol. The maximum atomic E-state index is 13.0. The van der Waals surface area contributed by atoms with E-state index in [4.69, 9.17) is 0 Å². The van der Waals surface area contributed by atoms with Gasteiger partial charge < -0.3 is 4.90 Å². The highest BCUT2D eigenvalue weighted by atomic mass is 32.2. The smallest absolute Gasteiger partial charge is 0.272 e. The van der Waals surface area contributed by atoms with Crippen molar-refractivity contribution in [2.45, 2.75) is 17.7 Å². The molecule has 4 rings (SSSR count). The second kappa shape index (κ2) is 6.72. The number of para-hydroxylation sites is 1. The molecule has 0 radical (unpaired) electrons. The highest BCUT2D eigenvalue weighted by Crippen LogP contribution is 2.33. The number of rotatable bonds is 2. The van der Waals surface area contributed by atoms with Gasteiger partial charge in [-0.15, -0.1) is 11.8 Å². The largest absolute Gasteiger partial charge is 0.311 e. The van der Waals surface area contributed by atoms with Gasteiger partial charge in [0.25, 0.3) is 5.56 Å². The Balaban J connectivity index is 1.69. The van der Waals surface area contributed by atoms with Gasteiger partial charge in [-0.2, -0.15) is 5.10 Å². The van der Waals surface area contributed by atoms with Gasteiger partial charge in [-0.05, 0) is 30.4 Å². The molecule has 126 valence electrons. The van der Waals surface area contributed by atoms with Crippen LogP contribution in [0.25, 0.3) is 10.8 Å². The molecule has 1 aromatic heterocycles. The molecule has 0 aliphatic carbocycles. The number of carbonyl (C=O) groups excluding carboxylic acids is 1. The molecule has 6 heteroatoms. The Morgan fingerprint density at radius 3 is 2.76 bits per heavy atom. The number of amides is 1. The van der Waals surface area contributed by atoms with Crippen LogP contribution in [0.5, 0.6) is 0 Å². The van der Waals surface area contributed by atoms with Gasteiger partial charge >= 0.3 is 0 Å². The minimum Gasteiger partial charge on any atom is -0.311 e. The highest BCUT2D eigenvalue weighted by Gasteiger charge is 2.22. The topological polar surface area (TPSA) is 66.1 Å². The zero-order valence-electron chi connectivity index (χ0n) is 13.6. The Bertz CT molecular complexity index is 999. The number of aromatic nitrogens is 2. The average molecular weight is 351 g/mol. The molecule has 5 nitrogen and oxygen atoms in total. The van der Waals surface area contributed by atoms with Gasteiger partial charge in [0.1, 0.15) is 0 Å². The highest BCUT2D eigenvalue weighted by molar-refractivity contribution is 7.99. The minimum atomic E-state index is -0.233. The van der Waals surface area contributed by atoms with Gasteiger partial charge in [0.15, 0.2) is 0 Å². The zero-order valence-corrected chi connectivity index (χ0v) is 14.4. The maximum absolute atomic E-state index is 13.0. The van der Waals surface area contributed by atoms with Crippen LogP contribution < -0.4 is 10.5 Å². The molecule has 0 spiro atoms. The van der Waals surface area contributed by atoms with Crippen molar-refractivity contribution < 1.29 is 4.79 Å². The van der Waals surface area contributed by atoms with Gasteiger partial charge in [-0.25, -0.2) is 5.10 Å². The van der Waals surface area contributed by atoms with E-state index in [-0.39, 0.29) is 17.9 Å². The number of nitrogens with zero attached hydrogens (tertiary/aromatic N) is 2. The van der Waals surface area contributed by atoms with E-state index >= 15 is 0 Å². The molecule has 25 heavy (non-hydrogen) atoms. The van der Waals surface area contributed by atoms with E-state index in [0.717, 1.165) is 28.1 Å². The van der Waals surface area contributed by atoms with Gasteiger partial charge in [0.05, 0.1) is 23.2 Å². The summed E-state index contributed by atoms with van der Waals surface area (Å²) in [5.41, 5.74) is 1.33. The van der Waals surface area contributed by atoms with Crippen LogP contribution in [0.3, 0.4) is 0 Å². The van der Waals surface area contributed by atoms with Gasteiger partial charge in [0.2, 0.25) is 5.91 Å². The first-order valence-corrected chi connectivity index (χ1v) is 9.21. The lowest BCUT2D eigenvalue weighted by molar-refractivity contribution is -0.118. The number of aromatic amines is 1. The molecule has 0 saturated carbocycles. The van der Waals surface area contributed by atoms with E-state index in [1.54, 1.807) is 17.8 Å². The Kier molecular flexibility index (Phi) is 4.28. The van der Waals surface area contributed by atoms with E-state index in [1.165, 1.54) is 0 Å². The summed E-state index contributed by atoms with van der Waals surface area (Å²) >= 11 is 1.78. The Morgan fingerprint density at radius 1 is 1.12 bits per heavy atom. The average Bonchev–Trinajstić information content (AvgIpc) is 2.87. The number of benzene rings is 2. The van der Waals surface area contributed by atoms with Crippen molar-refractivity contribution in [3.63, 3.8) is 0 Å². The van der Waals surface area contributed by atoms with Gasteiger partial charge in [-0.3, -0.25) is 9.59 Å². The number of fused-ring (bicyclic) bond motifs is 2. The summed E-state index contributed by atoms with van der Waals surface area (Å²) in [7, 11) is 0. The molecular formula is C19H17N3O2S. The molecule has 2 heterocycles. The molecule has 1 aliphatic rings. The van der Waals surface area contributed by atoms with Crippen molar-refractivity contribution >= 4 is 34.1 Å². The van der Waals surface area contributed by atoms with E-state index in [2.05, 4.69) is 16.3 Å². The van der Waals surface area contributed by atoms with Crippen LogP contribution in [-0.2, 0) is 11.2 Å². The zero-order chi connectivity index (χ0) is 17.2. The van der Waals surface area contributed by atoms with Crippen LogP contribution in [0.2, 0.25) is 0 Å². The number of nitrogens with one attached hydrogen (secondary N) is 1. The second-order valence-corrected chi connectivity index (χ2v) is 7.07. The number of thioether (sulfide) groups is 1. The fourth-order valence-corrected chi connectivity index (χ4v) is 4.13. The number of hydrogen-bond donors (Lipinski definition) is 1. The van der Waals surface area contributed by atoms with Crippen LogP contribution >= 0.6 is 11.8 Å². The first kappa shape index (κ1) is 15.9. The number of anilines is 1. The summed E-state index contributed by atoms with van der Waals surface area (Å²) in [4.78, 5) is 27.9. The second-order valence-electron chi connectivity index (χ2n) is 5.94. The first-order chi connectivity index (χ1) is 12.2. The molecule has 0 fully saturated rings. The predicted molar refractivity (Wildman–Crippen MR) is 100 cm³/mol. The Hall–Kier alpha value is -2.60. The molecule has 0 bridgehead atoms. The quantitative estimate of drug-likeness (QED) is 0.771. The van der Waals surface area contributed by atoms with Crippen molar-refractivity contribution in [1.29, 1.82) is 0 Å². The van der Waals surface area contributed by atoms with Crippen molar-refractivity contribution in [2.75, 3.05) is 17.2 Å². The molecule has 0 unspecified atom stereocenters. The predicted octanol–water partition coefficient (Wildman–Crippen LogP) is 2.99. The third-order valence-electron chi connectivity index (χ3n) is 4.33. The summed E-state index contributed by atoms with van der Waals surface area (Å²) < 4.78 is 0. The Morgan fingerprint density at radius 2 is 1.88 bits per heavy atom. The molecular weight excluding hydrogens is 334 g/mol. The maximum Gasteiger partial charge on any atom is 0.272 e. The SMILES string of the molecule is O=C(Cc1n[nH]c(=O)c2ccccc12)N1CCCSc2ccccc21. The number of H-pyrrole nitrogens is 1. The fourth-order valence-electron chi connectivity index (χ4n) is 3.13. The third kappa shape index (κ3) is 3.05. The number of carbonyl (C=O) groups is 1. The summed E-state index contributed by atoms with van der Waals surface area (Å²) in [6.45, 7) is 0.699.